The number of halogens is 1. The van der Waals surface area contributed by atoms with E-state index in [0.29, 0.717) is 34.8 Å². The maximum Gasteiger partial charge on any atom is 0.329 e. The minimum absolute atomic E-state index is 0.102. The summed E-state index contributed by atoms with van der Waals surface area (Å²) in [6.45, 7) is 2.23. The summed E-state index contributed by atoms with van der Waals surface area (Å²) in [4.78, 5) is 41.1. The van der Waals surface area contributed by atoms with Crippen molar-refractivity contribution in [1.82, 2.24) is 9.55 Å². The third-order valence-corrected chi connectivity index (χ3v) is 6.06. The first-order chi connectivity index (χ1) is 14.0. The Kier molecular flexibility index (Phi) is 3.96. The topological polar surface area (TPSA) is 84.0 Å². The number of H-pyrrole nitrogens is 1. The largest absolute Gasteiger partial charge is 0.340 e. The molecule has 1 aromatic heterocycles. The van der Waals surface area contributed by atoms with Gasteiger partial charge in [0.2, 0.25) is 0 Å². The number of carbonyl (C=O) groups excluding carboxylic acids is 1. The van der Waals surface area contributed by atoms with Gasteiger partial charge in [-0.15, -0.1) is 0 Å². The van der Waals surface area contributed by atoms with Gasteiger partial charge in [-0.3, -0.25) is 19.1 Å². The number of hydrogen-bond acceptors (Lipinski definition) is 4. The van der Waals surface area contributed by atoms with Crippen LogP contribution < -0.4 is 16.6 Å². The van der Waals surface area contributed by atoms with Gasteiger partial charge in [-0.1, -0.05) is 52.3 Å². The first-order valence-electron chi connectivity index (χ1n) is 9.29. The van der Waals surface area contributed by atoms with E-state index in [4.69, 9.17) is 0 Å². The first kappa shape index (κ1) is 17.9. The molecule has 2 N–H and O–H groups in total. The molecule has 0 fully saturated rings. The number of rotatable bonds is 2. The Morgan fingerprint density at radius 2 is 1.69 bits per heavy atom. The lowest BCUT2D eigenvalue weighted by Crippen LogP contribution is -2.38. The fourth-order valence-corrected chi connectivity index (χ4v) is 4.52. The number of anilines is 1. The smallest absolute Gasteiger partial charge is 0.329 e. The molecule has 0 radical (unpaired) electrons. The number of carbonyl (C=O) groups is 1. The Morgan fingerprint density at radius 1 is 1.00 bits per heavy atom. The molecular weight excluding hydrogens is 434 g/mol. The van der Waals surface area contributed by atoms with Crippen LogP contribution >= 0.6 is 15.9 Å². The van der Waals surface area contributed by atoms with Crippen LogP contribution in [0.4, 0.5) is 5.82 Å². The van der Waals surface area contributed by atoms with Gasteiger partial charge in [0.15, 0.2) is 5.78 Å². The van der Waals surface area contributed by atoms with E-state index in [2.05, 4.69) is 26.2 Å². The number of ketones is 1. The molecule has 3 aromatic rings. The second-order valence-corrected chi connectivity index (χ2v) is 7.95. The summed E-state index contributed by atoms with van der Waals surface area (Å²) in [6.07, 6.45) is 0. The summed E-state index contributed by atoms with van der Waals surface area (Å²) in [7, 11) is 0. The third kappa shape index (κ3) is 2.50. The fraction of sp³-hybridized carbons (Fsp3) is 0.136. The van der Waals surface area contributed by atoms with Crippen molar-refractivity contribution in [3.05, 3.63) is 102 Å². The number of benzene rings is 2. The lowest BCUT2D eigenvalue weighted by Gasteiger charge is -2.29. The van der Waals surface area contributed by atoms with Crippen LogP contribution in [-0.4, -0.2) is 15.3 Å². The molecule has 0 saturated carbocycles. The van der Waals surface area contributed by atoms with Gasteiger partial charge >= 0.3 is 5.69 Å². The number of nitrogens with one attached hydrogen (secondary N) is 2. The quantitative estimate of drug-likeness (QED) is 0.626. The van der Waals surface area contributed by atoms with Gasteiger partial charge in [0.1, 0.15) is 5.82 Å². The van der Waals surface area contributed by atoms with Crippen LogP contribution in [0, 0.1) is 0 Å². The summed E-state index contributed by atoms with van der Waals surface area (Å²) >= 11 is 3.43. The van der Waals surface area contributed by atoms with Gasteiger partial charge in [0, 0.05) is 33.6 Å². The van der Waals surface area contributed by atoms with Crippen LogP contribution in [-0.2, 0) is 6.54 Å². The predicted octanol–water partition coefficient (Wildman–Crippen LogP) is 3.48. The zero-order chi connectivity index (χ0) is 20.3. The average Bonchev–Trinajstić information content (AvgIpc) is 3.00. The SMILES string of the molecule is CCn1c2c(c(=O)[nH]c1=O)[C@H](c1ccc(Br)cc1)C1=C(N2)c2ccccc2C1=O. The van der Waals surface area contributed by atoms with Crippen molar-refractivity contribution in [2.24, 2.45) is 0 Å². The van der Waals surface area contributed by atoms with Crippen LogP contribution in [0.2, 0.25) is 0 Å². The summed E-state index contributed by atoms with van der Waals surface area (Å²) in [5.41, 5.74) is 2.83. The molecule has 1 atom stereocenters. The lowest BCUT2D eigenvalue weighted by atomic mass is 9.81. The molecule has 2 aliphatic rings. The van der Waals surface area contributed by atoms with Crippen LogP contribution in [0.25, 0.3) is 5.70 Å². The second-order valence-electron chi connectivity index (χ2n) is 7.04. The monoisotopic (exact) mass is 449 g/mol. The molecule has 2 heterocycles. The molecule has 0 spiro atoms. The molecule has 144 valence electrons. The van der Waals surface area contributed by atoms with Gasteiger partial charge in [-0.25, -0.2) is 4.79 Å². The Morgan fingerprint density at radius 3 is 2.38 bits per heavy atom. The summed E-state index contributed by atoms with van der Waals surface area (Å²) < 4.78 is 2.40. The summed E-state index contributed by atoms with van der Waals surface area (Å²) in [5, 5.41) is 3.25. The Labute approximate surface area is 174 Å². The minimum atomic E-state index is -0.573. The number of fused-ring (bicyclic) bond motifs is 3. The molecule has 5 rings (SSSR count). The van der Waals surface area contributed by atoms with Crippen molar-refractivity contribution in [2.75, 3.05) is 5.32 Å². The molecule has 0 saturated heterocycles. The van der Waals surface area contributed by atoms with Gasteiger partial charge in [-0.2, -0.15) is 0 Å². The molecule has 1 aliphatic carbocycles. The van der Waals surface area contributed by atoms with E-state index in [1.165, 1.54) is 4.57 Å². The van der Waals surface area contributed by atoms with E-state index in [1.807, 2.05) is 49.4 Å². The molecule has 7 heteroatoms. The van der Waals surface area contributed by atoms with Gasteiger partial charge in [0.05, 0.1) is 11.3 Å². The molecular formula is C22H16BrN3O3. The summed E-state index contributed by atoms with van der Waals surface area (Å²) in [5.74, 6) is -0.232. The molecule has 6 nitrogen and oxygen atoms in total. The van der Waals surface area contributed by atoms with E-state index in [9.17, 15) is 14.4 Å². The Bertz CT molecular complexity index is 1330. The number of nitrogens with zero attached hydrogens (tertiary/aromatic N) is 1. The molecule has 1 aliphatic heterocycles. The van der Waals surface area contributed by atoms with Crippen molar-refractivity contribution in [3.8, 4) is 0 Å². The fourth-order valence-electron chi connectivity index (χ4n) is 4.25. The first-order valence-corrected chi connectivity index (χ1v) is 10.1. The van der Waals surface area contributed by atoms with Crippen molar-refractivity contribution in [2.45, 2.75) is 19.4 Å². The number of aromatic nitrogens is 2. The van der Waals surface area contributed by atoms with Gasteiger partial charge in [-0.05, 0) is 24.6 Å². The highest BCUT2D eigenvalue weighted by atomic mass is 79.9. The number of aromatic amines is 1. The normalized spacial score (nSPS) is 16.9. The van der Waals surface area contributed by atoms with E-state index in [1.54, 1.807) is 6.07 Å². The highest BCUT2D eigenvalue weighted by Crippen LogP contribution is 2.47. The zero-order valence-electron chi connectivity index (χ0n) is 15.5. The van der Waals surface area contributed by atoms with Crippen LogP contribution in [0.1, 0.15) is 39.9 Å². The number of Topliss-reactive ketones (excluding diaryl/α,β-unsaturated/α-hetero) is 1. The van der Waals surface area contributed by atoms with Crippen LogP contribution in [0.3, 0.4) is 0 Å². The second kappa shape index (κ2) is 6.42. The molecule has 2 aromatic carbocycles. The number of allylic oxidation sites excluding steroid dienone is 1. The average molecular weight is 450 g/mol. The summed E-state index contributed by atoms with van der Waals surface area (Å²) in [6, 6.07) is 14.9. The minimum Gasteiger partial charge on any atom is -0.340 e. The van der Waals surface area contributed by atoms with E-state index >= 15 is 0 Å². The van der Waals surface area contributed by atoms with E-state index < -0.39 is 17.2 Å². The third-order valence-electron chi connectivity index (χ3n) is 5.53. The molecule has 0 unspecified atom stereocenters. The van der Waals surface area contributed by atoms with Crippen LogP contribution in [0.5, 0.6) is 0 Å². The maximum absolute atomic E-state index is 13.3. The number of hydrogen-bond donors (Lipinski definition) is 2. The van der Waals surface area contributed by atoms with Crippen molar-refractivity contribution in [3.63, 3.8) is 0 Å². The Balaban J connectivity index is 1.87. The Hall–Kier alpha value is -3.19. The van der Waals surface area contributed by atoms with E-state index in [0.717, 1.165) is 15.6 Å². The maximum atomic E-state index is 13.3. The highest BCUT2D eigenvalue weighted by Gasteiger charge is 2.42. The van der Waals surface area contributed by atoms with Crippen molar-refractivity contribution >= 4 is 33.2 Å². The van der Waals surface area contributed by atoms with Gasteiger partial charge < -0.3 is 5.32 Å². The zero-order valence-corrected chi connectivity index (χ0v) is 17.0. The standard InChI is InChI=1S/C22H16BrN3O3/c1-2-26-20-17(21(28)25-22(26)29)15(11-7-9-12(23)10-8-11)16-18(24-20)13-5-3-4-6-14(13)19(16)27/h3-10,15,24H,2H2,1H3,(H,25,28,29)/t15-/m1/s1. The van der Waals surface area contributed by atoms with Gasteiger partial charge in [0.25, 0.3) is 5.56 Å². The van der Waals surface area contributed by atoms with Crippen molar-refractivity contribution in [1.29, 1.82) is 0 Å². The lowest BCUT2D eigenvalue weighted by molar-refractivity contribution is 0.103. The van der Waals surface area contributed by atoms with E-state index in [-0.39, 0.29) is 5.78 Å². The van der Waals surface area contributed by atoms with Crippen molar-refractivity contribution < 1.29 is 4.79 Å². The highest BCUT2D eigenvalue weighted by molar-refractivity contribution is 9.10. The molecule has 0 amide bonds. The van der Waals surface area contributed by atoms with Crippen LogP contribution in [0.15, 0.2) is 68.2 Å². The molecule has 0 bridgehead atoms. The predicted molar refractivity (Wildman–Crippen MR) is 114 cm³/mol. The molecule has 29 heavy (non-hydrogen) atoms.